The summed E-state index contributed by atoms with van der Waals surface area (Å²) in [5, 5.41) is 3.26. The Kier molecular flexibility index (Phi) is 11.4. The van der Waals surface area contributed by atoms with Crippen molar-refractivity contribution in [2.45, 2.75) is 71.0 Å². The van der Waals surface area contributed by atoms with Gasteiger partial charge < -0.3 is 15.0 Å². The third kappa shape index (κ3) is 7.83. The molecule has 0 saturated carbocycles. The molecular formula is C32H40ClN3O5S. The van der Waals surface area contributed by atoms with Crippen LogP contribution in [0.2, 0.25) is 5.02 Å². The smallest absolute Gasteiger partial charge is 0.264 e. The van der Waals surface area contributed by atoms with Crippen LogP contribution in [0.1, 0.15) is 50.3 Å². The molecule has 0 aliphatic rings. The molecule has 0 aromatic heterocycles. The van der Waals surface area contributed by atoms with Crippen molar-refractivity contribution in [3.63, 3.8) is 0 Å². The Balaban J connectivity index is 2.14. The Morgan fingerprint density at radius 2 is 1.64 bits per heavy atom. The normalized spacial score (nSPS) is 12.7. The second kappa shape index (κ2) is 14.6. The van der Waals surface area contributed by atoms with Gasteiger partial charge in [0.25, 0.3) is 10.0 Å². The van der Waals surface area contributed by atoms with Crippen LogP contribution in [0.5, 0.6) is 5.75 Å². The molecule has 0 bridgehead atoms. The summed E-state index contributed by atoms with van der Waals surface area (Å²) in [6.07, 6.45) is 1.07. The molecule has 0 aliphatic carbocycles. The van der Waals surface area contributed by atoms with Gasteiger partial charge in [0.1, 0.15) is 18.3 Å². The molecule has 8 nitrogen and oxygen atoms in total. The van der Waals surface area contributed by atoms with E-state index in [0.717, 1.165) is 27.4 Å². The van der Waals surface area contributed by atoms with Crippen molar-refractivity contribution in [2.75, 3.05) is 18.0 Å². The van der Waals surface area contributed by atoms with E-state index in [0.29, 0.717) is 6.42 Å². The lowest BCUT2D eigenvalue weighted by molar-refractivity contribution is -0.140. The van der Waals surface area contributed by atoms with Crippen LogP contribution in [0, 0.1) is 13.8 Å². The molecule has 3 aromatic carbocycles. The fraction of sp³-hybridized carbons (Fsp3) is 0.375. The van der Waals surface area contributed by atoms with E-state index in [-0.39, 0.29) is 39.8 Å². The second-order valence-electron chi connectivity index (χ2n) is 10.3. The van der Waals surface area contributed by atoms with Gasteiger partial charge in [-0.1, -0.05) is 67.4 Å². The highest BCUT2D eigenvalue weighted by molar-refractivity contribution is 7.92. The van der Waals surface area contributed by atoms with Crippen LogP contribution in [-0.4, -0.2) is 50.9 Å². The molecule has 0 unspecified atom stereocenters. The molecule has 226 valence electrons. The molecule has 3 rings (SSSR count). The molecule has 0 heterocycles. The number of carbonyl (C=O) groups is 2. The maximum absolute atomic E-state index is 14.3. The Morgan fingerprint density at radius 3 is 2.24 bits per heavy atom. The lowest BCUT2D eigenvalue weighted by Crippen LogP contribution is -2.53. The minimum Gasteiger partial charge on any atom is -0.495 e. The van der Waals surface area contributed by atoms with Crippen LogP contribution in [-0.2, 0) is 26.2 Å². The number of ether oxygens (including phenoxy) is 1. The summed E-state index contributed by atoms with van der Waals surface area (Å²) < 4.78 is 34.8. The molecule has 10 heteroatoms. The Bertz CT molecular complexity index is 1490. The van der Waals surface area contributed by atoms with Gasteiger partial charge in [-0.15, -0.1) is 0 Å². The summed E-state index contributed by atoms with van der Waals surface area (Å²) in [4.78, 5) is 29.2. The summed E-state index contributed by atoms with van der Waals surface area (Å²) in [7, 11) is -2.84. The minimum atomic E-state index is -4.26. The zero-order valence-electron chi connectivity index (χ0n) is 25.1. The highest BCUT2D eigenvalue weighted by Gasteiger charge is 2.35. The number of sulfonamides is 1. The van der Waals surface area contributed by atoms with Crippen molar-refractivity contribution >= 4 is 39.1 Å². The van der Waals surface area contributed by atoms with E-state index in [1.807, 2.05) is 58.9 Å². The topological polar surface area (TPSA) is 96.0 Å². The fourth-order valence-corrected chi connectivity index (χ4v) is 6.12. The number of benzene rings is 3. The first-order valence-electron chi connectivity index (χ1n) is 14.0. The SMILES string of the molecule is CC[C@H](C(=O)N[C@@H](C)CC)N(Cc1ccccc1C)C(=O)CN(c1cc(Cl)ccc1OC)S(=O)(=O)c1ccc(C)cc1. The highest BCUT2D eigenvalue weighted by Crippen LogP contribution is 2.35. The number of carbonyl (C=O) groups excluding carboxylic acids is 2. The summed E-state index contributed by atoms with van der Waals surface area (Å²) in [6, 6.07) is 17.7. The van der Waals surface area contributed by atoms with Crippen LogP contribution in [0.3, 0.4) is 0 Å². The number of amides is 2. The molecule has 0 fully saturated rings. The average molecular weight is 614 g/mol. The molecular weight excluding hydrogens is 574 g/mol. The van der Waals surface area contributed by atoms with E-state index in [9.17, 15) is 18.0 Å². The van der Waals surface area contributed by atoms with Gasteiger partial charge in [0.05, 0.1) is 17.7 Å². The van der Waals surface area contributed by atoms with Gasteiger partial charge >= 0.3 is 0 Å². The minimum absolute atomic E-state index is 0.00920. The van der Waals surface area contributed by atoms with Gasteiger partial charge in [-0.25, -0.2) is 8.42 Å². The van der Waals surface area contributed by atoms with Crippen molar-refractivity contribution < 1.29 is 22.7 Å². The molecule has 2 atom stereocenters. The number of anilines is 1. The second-order valence-corrected chi connectivity index (χ2v) is 12.6. The van der Waals surface area contributed by atoms with Crippen LogP contribution < -0.4 is 14.4 Å². The van der Waals surface area contributed by atoms with E-state index in [1.165, 1.54) is 30.2 Å². The largest absolute Gasteiger partial charge is 0.495 e. The first-order valence-corrected chi connectivity index (χ1v) is 15.8. The van der Waals surface area contributed by atoms with Crippen molar-refractivity contribution in [3.05, 3.63) is 88.4 Å². The predicted molar refractivity (Wildman–Crippen MR) is 167 cm³/mol. The molecule has 0 aliphatic heterocycles. The van der Waals surface area contributed by atoms with Crippen molar-refractivity contribution in [1.29, 1.82) is 0 Å². The number of methoxy groups -OCH3 is 1. The van der Waals surface area contributed by atoms with Crippen molar-refractivity contribution in [3.8, 4) is 5.75 Å². The Labute approximate surface area is 254 Å². The van der Waals surface area contributed by atoms with E-state index in [4.69, 9.17) is 16.3 Å². The number of hydrogen-bond acceptors (Lipinski definition) is 5. The number of hydrogen-bond donors (Lipinski definition) is 1. The molecule has 0 radical (unpaired) electrons. The van der Waals surface area contributed by atoms with Gasteiger partial charge in [-0.05, 0) is 75.1 Å². The predicted octanol–water partition coefficient (Wildman–Crippen LogP) is 5.88. The summed E-state index contributed by atoms with van der Waals surface area (Å²) >= 11 is 6.31. The first kappa shape index (κ1) is 32.9. The molecule has 2 amide bonds. The third-order valence-corrected chi connectivity index (χ3v) is 9.30. The number of halogens is 1. The number of nitrogens with zero attached hydrogens (tertiary/aromatic N) is 2. The first-order chi connectivity index (χ1) is 19.9. The lowest BCUT2D eigenvalue weighted by Gasteiger charge is -2.34. The van der Waals surface area contributed by atoms with Crippen molar-refractivity contribution in [1.82, 2.24) is 10.2 Å². The van der Waals surface area contributed by atoms with Crippen LogP contribution in [0.15, 0.2) is 71.6 Å². The standard InChI is InChI=1S/C32H40ClN3O5S/c1-7-24(5)34-32(38)28(8-2)35(20-25-12-10-9-11-23(25)4)31(37)21-36(29-19-26(33)15-18-30(29)41-6)42(39,40)27-16-13-22(3)14-17-27/h9-19,24,28H,7-8,20-21H2,1-6H3,(H,34,38)/t24-,28+/m0/s1. The third-order valence-electron chi connectivity index (χ3n) is 7.29. The number of aryl methyl sites for hydroxylation is 2. The zero-order chi connectivity index (χ0) is 31.0. The fourth-order valence-electron chi connectivity index (χ4n) is 4.54. The Hall–Kier alpha value is -3.56. The Morgan fingerprint density at radius 1 is 0.976 bits per heavy atom. The maximum Gasteiger partial charge on any atom is 0.264 e. The van der Waals surface area contributed by atoms with E-state index in [2.05, 4.69) is 5.32 Å². The van der Waals surface area contributed by atoms with E-state index in [1.54, 1.807) is 24.3 Å². The number of rotatable bonds is 13. The van der Waals surface area contributed by atoms with Gasteiger partial charge in [-0.2, -0.15) is 0 Å². The lowest BCUT2D eigenvalue weighted by atomic mass is 10.1. The highest BCUT2D eigenvalue weighted by atomic mass is 35.5. The maximum atomic E-state index is 14.3. The summed E-state index contributed by atoms with van der Waals surface area (Å²) in [5.74, 6) is -0.598. The van der Waals surface area contributed by atoms with Crippen LogP contribution >= 0.6 is 11.6 Å². The van der Waals surface area contributed by atoms with Crippen molar-refractivity contribution in [2.24, 2.45) is 0 Å². The molecule has 0 saturated heterocycles. The van der Waals surface area contributed by atoms with Gasteiger partial charge in [0.15, 0.2) is 0 Å². The summed E-state index contributed by atoms with van der Waals surface area (Å²) in [5.41, 5.74) is 2.81. The molecule has 3 aromatic rings. The van der Waals surface area contributed by atoms with Gasteiger partial charge in [0, 0.05) is 17.6 Å². The average Bonchev–Trinajstić information content (AvgIpc) is 2.96. The summed E-state index contributed by atoms with van der Waals surface area (Å²) in [6.45, 7) is 9.04. The number of nitrogens with one attached hydrogen (secondary N) is 1. The quantitative estimate of drug-likeness (QED) is 0.260. The van der Waals surface area contributed by atoms with Gasteiger partial charge in [-0.3, -0.25) is 13.9 Å². The monoisotopic (exact) mass is 613 g/mol. The van der Waals surface area contributed by atoms with Crippen LogP contribution in [0.4, 0.5) is 5.69 Å². The molecule has 0 spiro atoms. The zero-order valence-corrected chi connectivity index (χ0v) is 26.6. The van der Waals surface area contributed by atoms with E-state index < -0.39 is 28.5 Å². The molecule has 1 N–H and O–H groups in total. The van der Waals surface area contributed by atoms with Gasteiger partial charge in [0.2, 0.25) is 11.8 Å². The van der Waals surface area contributed by atoms with E-state index >= 15 is 0 Å². The molecule has 42 heavy (non-hydrogen) atoms. The van der Waals surface area contributed by atoms with Crippen LogP contribution in [0.25, 0.3) is 0 Å².